The first kappa shape index (κ1) is 14.0. The minimum atomic E-state index is -3.72. The maximum Gasteiger partial charge on any atom is 0.276 e. The molecule has 21 heavy (non-hydrogen) atoms. The molecule has 2 aromatic heterocycles. The molecule has 0 saturated carbocycles. The van der Waals surface area contributed by atoms with Crippen LogP contribution in [0.5, 0.6) is 0 Å². The van der Waals surface area contributed by atoms with Gasteiger partial charge in [-0.1, -0.05) is 6.07 Å². The summed E-state index contributed by atoms with van der Waals surface area (Å²) in [6.45, 7) is 0.526. The van der Waals surface area contributed by atoms with Crippen LogP contribution in [0, 0.1) is 0 Å². The highest BCUT2D eigenvalue weighted by atomic mass is 32.2. The Hall–Kier alpha value is -1.97. The number of hydrogen-bond acceptors (Lipinski definition) is 4. The Morgan fingerprint density at radius 1 is 1.38 bits per heavy atom. The van der Waals surface area contributed by atoms with Crippen LogP contribution in [0.2, 0.25) is 0 Å². The molecule has 1 aliphatic rings. The maximum atomic E-state index is 11.7. The molecule has 0 aliphatic carbocycles. The fourth-order valence-corrected chi connectivity index (χ4v) is 3.49. The van der Waals surface area contributed by atoms with Gasteiger partial charge in [0.1, 0.15) is 0 Å². The molecule has 1 aliphatic heterocycles. The van der Waals surface area contributed by atoms with Gasteiger partial charge in [0.05, 0.1) is 16.8 Å². The standard InChI is InChI=1S/C12H15N5O3S/c13-12(18)10-9-3-1-2-5-17(9)15-11(10)8-4-6-16(7-8)21(14,19)20/h1-3,5,8H,4,6-7H2,(H2,13,18)(H2,14,19,20)/t8-/m0/s1. The van der Waals surface area contributed by atoms with E-state index in [1.807, 2.05) is 0 Å². The lowest BCUT2D eigenvalue weighted by molar-refractivity contribution is 0.100. The van der Waals surface area contributed by atoms with Crippen molar-refractivity contribution in [3.05, 3.63) is 35.7 Å². The van der Waals surface area contributed by atoms with Crippen molar-refractivity contribution in [3.8, 4) is 0 Å². The number of nitrogens with two attached hydrogens (primary N) is 2. The average Bonchev–Trinajstić information content (AvgIpc) is 3.02. The molecular formula is C12H15N5O3S. The fraction of sp³-hybridized carbons (Fsp3) is 0.333. The van der Waals surface area contributed by atoms with E-state index in [0.717, 1.165) is 0 Å². The fourth-order valence-electron chi connectivity index (χ4n) is 2.74. The first-order valence-corrected chi connectivity index (χ1v) is 7.93. The van der Waals surface area contributed by atoms with Crippen LogP contribution in [0.1, 0.15) is 28.4 Å². The van der Waals surface area contributed by atoms with E-state index in [1.54, 1.807) is 28.9 Å². The highest BCUT2D eigenvalue weighted by Gasteiger charge is 2.34. The third-order valence-corrected chi connectivity index (χ3v) is 4.76. The van der Waals surface area contributed by atoms with Crippen LogP contribution in [-0.2, 0) is 10.2 Å². The molecule has 1 amide bonds. The van der Waals surface area contributed by atoms with Crippen LogP contribution in [0.4, 0.5) is 0 Å². The van der Waals surface area contributed by atoms with Crippen molar-refractivity contribution >= 4 is 21.6 Å². The highest BCUT2D eigenvalue weighted by Crippen LogP contribution is 2.31. The Balaban J connectivity index is 2.05. The number of pyridine rings is 1. The summed E-state index contributed by atoms with van der Waals surface area (Å²) in [4.78, 5) is 11.7. The molecule has 112 valence electrons. The second-order valence-electron chi connectivity index (χ2n) is 5.04. The molecule has 0 bridgehead atoms. The second kappa shape index (κ2) is 4.79. The number of fused-ring (bicyclic) bond motifs is 1. The largest absolute Gasteiger partial charge is 0.365 e. The zero-order valence-corrected chi connectivity index (χ0v) is 12.0. The first-order chi connectivity index (χ1) is 9.88. The number of nitrogens with zero attached hydrogens (tertiary/aromatic N) is 3. The van der Waals surface area contributed by atoms with E-state index in [4.69, 9.17) is 10.9 Å². The summed E-state index contributed by atoms with van der Waals surface area (Å²) >= 11 is 0. The topological polar surface area (TPSA) is 124 Å². The molecule has 4 N–H and O–H groups in total. The Kier molecular flexibility index (Phi) is 3.19. The van der Waals surface area contributed by atoms with Crippen molar-refractivity contribution in [2.75, 3.05) is 13.1 Å². The van der Waals surface area contributed by atoms with E-state index in [0.29, 0.717) is 29.7 Å². The molecule has 9 heteroatoms. The minimum Gasteiger partial charge on any atom is -0.365 e. The average molecular weight is 309 g/mol. The van der Waals surface area contributed by atoms with Crippen molar-refractivity contribution in [2.24, 2.45) is 10.9 Å². The maximum absolute atomic E-state index is 11.7. The molecule has 3 heterocycles. The lowest BCUT2D eigenvalue weighted by Gasteiger charge is -2.12. The summed E-state index contributed by atoms with van der Waals surface area (Å²) in [6.07, 6.45) is 2.28. The minimum absolute atomic E-state index is 0.189. The van der Waals surface area contributed by atoms with Crippen molar-refractivity contribution < 1.29 is 13.2 Å². The zero-order chi connectivity index (χ0) is 15.2. The van der Waals surface area contributed by atoms with Crippen LogP contribution in [0.25, 0.3) is 5.52 Å². The van der Waals surface area contributed by atoms with Gasteiger partial charge in [-0.15, -0.1) is 0 Å². The van der Waals surface area contributed by atoms with Gasteiger partial charge in [-0.2, -0.15) is 17.8 Å². The van der Waals surface area contributed by atoms with Gasteiger partial charge in [0.25, 0.3) is 16.1 Å². The Morgan fingerprint density at radius 3 is 2.76 bits per heavy atom. The van der Waals surface area contributed by atoms with Crippen LogP contribution < -0.4 is 10.9 Å². The summed E-state index contributed by atoms with van der Waals surface area (Å²) in [5, 5.41) is 9.52. The van der Waals surface area contributed by atoms with Crippen LogP contribution in [0.15, 0.2) is 24.4 Å². The van der Waals surface area contributed by atoms with Gasteiger partial charge in [-0.25, -0.2) is 9.65 Å². The van der Waals surface area contributed by atoms with Gasteiger partial charge in [-0.3, -0.25) is 4.79 Å². The number of carbonyl (C=O) groups excluding carboxylic acids is 1. The molecule has 0 spiro atoms. The summed E-state index contributed by atoms with van der Waals surface area (Å²) in [5.41, 5.74) is 6.96. The predicted octanol–water partition coefficient (Wildman–Crippen LogP) is -0.574. The highest BCUT2D eigenvalue weighted by molar-refractivity contribution is 7.86. The van der Waals surface area contributed by atoms with Crippen molar-refractivity contribution in [2.45, 2.75) is 12.3 Å². The number of hydrogen-bond donors (Lipinski definition) is 2. The smallest absolute Gasteiger partial charge is 0.276 e. The molecule has 0 unspecified atom stereocenters. The van der Waals surface area contributed by atoms with Crippen LogP contribution in [0.3, 0.4) is 0 Å². The molecule has 1 fully saturated rings. The predicted molar refractivity (Wildman–Crippen MR) is 75.7 cm³/mol. The molecule has 0 aromatic carbocycles. The first-order valence-electron chi connectivity index (χ1n) is 6.43. The number of rotatable bonds is 3. The van der Waals surface area contributed by atoms with Crippen LogP contribution >= 0.6 is 0 Å². The third kappa shape index (κ3) is 2.39. The number of carbonyl (C=O) groups is 1. The van der Waals surface area contributed by atoms with E-state index in [1.165, 1.54) is 4.31 Å². The van der Waals surface area contributed by atoms with Crippen molar-refractivity contribution in [1.29, 1.82) is 0 Å². The van der Waals surface area contributed by atoms with E-state index in [2.05, 4.69) is 5.10 Å². The quantitative estimate of drug-likeness (QED) is 0.787. The van der Waals surface area contributed by atoms with Gasteiger partial charge >= 0.3 is 0 Å². The number of amides is 1. The summed E-state index contributed by atoms with van der Waals surface area (Å²) in [5.74, 6) is -0.758. The molecular weight excluding hydrogens is 294 g/mol. The Bertz CT molecular complexity index is 813. The molecule has 0 radical (unpaired) electrons. The van der Waals surface area contributed by atoms with Gasteiger partial charge in [0.15, 0.2) is 0 Å². The third-order valence-electron chi connectivity index (χ3n) is 3.71. The number of primary amides is 1. The van der Waals surface area contributed by atoms with Gasteiger partial charge in [0.2, 0.25) is 0 Å². The number of aromatic nitrogens is 2. The van der Waals surface area contributed by atoms with Crippen LogP contribution in [-0.4, -0.2) is 41.3 Å². The molecule has 2 aromatic rings. The van der Waals surface area contributed by atoms with Crippen molar-refractivity contribution in [3.63, 3.8) is 0 Å². The van der Waals surface area contributed by atoms with E-state index >= 15 is 0 Å². The summed E-state index contributed by atoms with van der Waals surface area (Å²) in [7, 11) is -3.72. The summed E-state index contributed by atoms with van der Waals surface area (Å²) in [6, 6.07) is 5.33. The molecule has 1 atom stereocenters. The normalized spacial score (nSPS) is 20.1. The van der Waals surface area contributed by atoms with Gasteiger partial charge in [-0.05, 0) is 18.6 Å². The monoisotopic (exact) mass is 309 g/mol. The van der Waals surface area contributed by atoms with Gasteiger partial charge < -0.3 is 5.73 Å². The molecule has 1 saturated heterocycles. The Morgan fingerprint density at radius 2 is 2.14 bits per heavy atom. The SMILES string of the molecule is NC(=O)c1c([C@H]2CCN(S(N)(=O)=O)C2)nn2ccccc12. The summed E-state index contributed by atoms with van der Waals surface area (Å²) < 4.78 is 25.5. The zero-order valence-electron chi connectivity index (χ0n) is 11.1. The van der Waals surface area contributed by atoms with Crippen molar-refractivity contribution in [1.82, 2.24) is 13.9 Å². The lowest BCUT2D eigenvalue weighted by atomic mass is 10.00. The molecule has 8 nitrogen and oxygen atoms in total. The van der Waals surface area contributed by atoms with Gasteiger partial charge in [0, 0.05) is 25.2 Å². The molecule has 3 rings (SSSR count). The second-order valence-corrected chi connectivity index (χ2v) is 6.59. The lowest BCUT2D eigenvalue weighted by Crippen LogP contribution is -2.34. The van der Waals surface area contributed by atoms with E-state index in [9.17, 15) is 13.2 Å². The van der Waals surface area contributed by atoms with E-state index in [-0.39, 0.29) is 12.5 Å². The van der Waals surface area contributed by atoms with E-state index < -0.39 is 16.1 Å². The Labute approximate surface area is 121 Å².